The molecule has 0 saturated heterocycles. The number of carbonyl (C=O) groups excluding carboxylic acids is 1. The smallest absolute Gasteiger partial charge is 0.333 e. The summed E-state index contributed by atoms with van der Waals surface area (Å²) in [6.07, 6.45) is 2.19. The number of hydrogen-bond donors (Lipinski definition) is 0. The minimum Gasteiger partial charge on any atom is -0.463 e. The highest BCUT2D eigenvalue weighted by molar-refractivity contribution is 6.84. The Hall–Kier alpha value is -0.396. The standard InChI is InChI=1S/C11H24O3Si2/c1-8-10(2)11(12)13-9-16(6,7)14-15(3,4)5/h8H,9H2,1-7H3/b10-8+. The van der Waals surface area contributed by atoms with E-state index in [1.54, 1.807) is 13.0 Å². The van der Waals surface area contributed by atoms with E-state index >= 15 is 0 Å². The first-order valence-corrected chi connectivity index (χ1v) is 12.1. The van der Waals surface area contributed by atoms with E-state index in [0.717, 1.165) is 0 Å². The van der Waals surface area contributed by atoms with Crippen LogP contribution in [0.4, 0.5) is 0 Å². The van der Waals surface area contributed by atoms with Crippen molar-refractivity contribution in [2.24, 2.45) is 0 Å². The van der Waals surface area contributed by atoms with Crippen LogP contribution < -0.4 is 0 Å². The lowest BCUT2D eigenvalue weighted by Gasteiger charge is -2.30. The van der Waals surface area contributed by atoms with Gasteiger partial charge >= 0.3 is 5.97 Å². The van der Waals surface area contributed by atoms with Crippen molar-refractivity contribution in [3.63, 3.8) is 0 Å². The van der Waals surface area contributed by atoms with Crippen LogP contribution in [0, 0.1) is 0 Å². The van der Waals surface area contributed by atoms with E-state index in [-0.39, 0.29) is 5.97 Å². The number of allylic oxidation sites excluding steroid dienone is 1. The SMILES string of the molecule is C/C=C(\C)C(=O)OC[Si](C)(C)O[Si](C)(C)C. The molecule has 0 aliphatic heterocycles. The summed E-state index contributed by atoms with van der Waals surface area (Å²) >= 11 is 0. The summed E-state index contributed by atoms with van der Waals surface area (Å²) < 4.78 is 11.3. The molecule has 0 bridgehead atoms. The zero-order valence-corrected chi connectivity index (χ0v) is 13.5. The van der Waals surface area contributed by atoms with E-state index in [4.69, 9.17) is 8.85 Å². The average molecular weight is 260 g/mol. The summed E-state index contributed by atoms with van der Waals surface area (Å²) in [7, 11) is -3.41. The summed E-state index contributed by atoms with van der Waals surface area (Å²) in [5, 5.41) is 0. The molecule has 5 heteroatoms. The van der Waals surface area contributed by atoms with E-state index in [2.05, 4.69) is 32.7 Å². The highest BCUT2D eigenvalue weighted by atomic mass is 28.4. The van der Waals surface area contributed by atoms with Crippen LogP contribution in [0.25, 0.3) is 0 Å². The van der Waals surface area contributed by atoms with Gasteiger partial charge in [0.1, 0.15) is 6.23 Å². The molecule has 0 radical (unpaired) electrons. The molecule has 0 N–H and O–H groups in total. The second-order valence-corrected chi connectivity index (χ2v) is 14.4. The molecule has 0 amide bonds. The number of carbonyl (C=O) groups is 1. The fraction of sp³-hybridized carbons (Fsp3) is 0.727. The molecular formula is C11H24O3Si2. The van der Waals surface area contributed by atoms with Gasteiger partial charge in [-0.3, -0.25) is 0 Å². The third-order valence-corrected chi connectivity index (χ3v) is 7.39. The predicted molar refractivity (Wildman–Crippen MR) is 72.3 cm³/mol. The number of esters is 1. The molecule has 0 spiro atoms. The van der Waals surface area contributed by atoms with E-state index in [1.165, 1.54) is 0 Å². The molecule has 3 nitrogen and oxygen atoms in total. The molecule has 0 aliphatic carbocycles. The maximum Gasteiger partial charge on any atom is 0.333 e. The van der Waals surface area contributed by atoms with Gasteiger partial charge in [0, 0.05) is 5.57 Å². The second kappa shape index (κ2) is 5.79. The first-order chi connectivity index (χ1) is 7.07. The maximum absolute atomic E-state index is 11.5. The molecule has 0 atom stereocenters. The van der Waals surface area contributed by atoms with Gasteiger partial charge < -0.3 is 8.85 Å². The predicted octanol–water partition coefficient (Wildman–Crippen LogP) is 3.09. The number of rotatable bonds is 5. The summed E-state index contributed by atoms with van der Waals surface area (Å²) in [5.41, 5.74) is 0.651. The Labute approximate surface area is 101 Å². The maximum atomic E-state index is 11.5. The Balaban J connectivity index is 4.25. The highest BCUT2D eigenvalue weighted by Crippen LogP contribution is 2.14. The largest absolute Gasteiger partial charge is 0.463 e. The van der Waals surface area contributed by atoms with Crippen LogP contribution in [0.5, 0.6) is 0 Å². The second-order valence-electron chi connectivity index (χ2n) is 5.52. The number of hydrogen-bond acceptors (Lipinski definition) is 3. The van der Waals surface area contributed by atoms with Gasteiger partial charge in [0.05, 0.1) is 0 Å². The Kier molecular flexibility index (Phi) is 5.65. The summed E-state index contributed by atoms with van der Waals surface area (Å²) in [6.45, 7) is 14.2. The van der Waals surface area contributed by atoms with Gasteiger partial charge in [0.15, 0.2) is 8.32 Å². The van der Waals surface area contributed by atoms with E-state index in [9.17, 15) is 4.79 Å². The van der Waals surface area contributed by atoms with Crippen molar-refractivity contribution in [3.05, 3.63) is 11.6 Å². The van der Waals surface area contributed by atoms with Crippen LogP contribution in [-0.2, 0) is 13.6 Å². The molecule has 0 aromatic carbocycles. The lowest BCUT2D eigenvalue weighted by molar-refractivity contribution is -0.137. The van der Waals surface area contributed by atoms with Gasteiger partial charge in [-0.1, -0.05) is 6.08 Å². The van der Waals surface area contributed by atoms with Crippen molar-refractivity contribution >= 4 is 22.6 Å². The summed E-state index contributed by atoms with van der Waals surface area (Å²) in [5.74, 6) is -0.234. The Morgan fingerprint density at radius 2 is 1.69 bits per heavy atom. The summed E-state index contributed by atoms with van der Waals surface area (Å²) in [4.78, 5) is 11.5. The third-order valence-electron chi connectivity index (χ3n) is 1.89. The van der Waals surface area contributed by atoms with Gasteiger partial charge in [-0.2, -0.15) is 0 Å². The van der Waals surface area contributed by atoms with Gasteiger partial charge in [-0.25, -0.2) is 4.79 Å². The molecule has 0 aliphatic rings. The zero-order chi connectivity index (χ0) is 13.0. The van der Waals surface area contributed by atoms with E-state index in [1.807, 2.05) is 6.92 Å². The lowest BCUT2D eigenvalue weighted by atomic mass is 10.3. The Morgan fingerprint density at radius 3 is 2.06 bits per heavy atom. The topological polar surface area (TPSA) is 35.5 Å². The van der Waals surface area contributed by atoms with Crippen LogP contribution in [0.3, 0.4) is 0 Å². The van der Waals surface area contributed by atoms with Crippen LogP contribution in [0.15, 0.2) is 11.6 Å². The van der Waals surface area contributed by atoms with E-state index in [0.29, 0.717) is 11.8 Å². The zero-order valence-electron chi connectivity index (χ0n) is 11.5. The van der Waals surface area contributed by atoms with Crippen LogP contribution in [0.2, 0.25) is 32.7 Å². The van der Waals surface area contributed by atoms with Crippen LogP contribution in [0.1, 0.15) is 13.8 Å². The van der Waals surface area contributed by atoms with Gasteiger partial charge in [0.25, 0.3) is 0 Å². The molecule has 0 rings (SSSR count). The molecule has 0 unspecified atom stereocenters. The van der Waals surface area contributed by atoms with Crippen molar-refractivity contribution in [2.45, 2.75) is 46.6 Å². The quantitative estimate of drug-likeness (QED) is 0.433. The first kappa shape index (κ1) is 15.6. The van der Waals surface area contributed by atoms with Gasteiger partial charge in [-0.05, 0) is 46.6 Å². The molecule has 0 aromatic rings. The van der Waals surface area contributed by atoms with Crippen LogP contribution in [-0.4, -0.2) is 28.8 Å². The molecule has 94 valence electrons. The van der Waals surface area contributed by atoms with Gasteiger partial charge in [0.2, 0.25) is 8.32 Å². The van der Waals surface area contributed by atoms with E-state index < -0.39 is 16.6 Å². The Morgan fingerprint density at radius 1 is 1.19 bits per heavy atom. The van der Waals surface area contributed by atoms with Crippen molar-refractivity contribution in [1.29, 1.82) is 0 Å². The monoisotopic (exact) mass is 260 g/mol. The van der Waals surface area contributed by atoms with Gasteiger partial charge in [-0.15, -0.1) is 0 Å². The fourth-order valence-electron chi connectivity index (χ4n) is 1.33. The molecule has 0 saturated carbocycles. The van der Waals surface area contributed by atoms with Crippen molar-refractivity contribution in [2.75, 3.05) is 6.23 Å². The molecule has 0 aromatic heterocycles. The normalized spacial score (nSPS) is 13.8. The molecule has 0 heterocycles. The Bertz CT molecular complexity index is 277. The minimum atomic E-state index is -1.87. The molecular weight excluding hydrogens is 236 g/mol. The minimum absolute atomic E-state index is 0.234. The van der Waals surface area contributed by atoms with Crippen molar-refractivity contribution in [1.82, 2.24) is 0 Å². The average Bonchev–Trinajstić information content (AvgIpc) is 2.09. The van der Waals surface area contributed by atoms with Crippen molar-refractivity contribution in [3.8, 4) is 0 Å². The fourth-order valence-corrected chi connectivity index (χ4v) is 8.67. The number of ether oxygens (including phenoxy) is 1. The first-order valence-electron chi connectivity index (χ1n) is 5.57. The highest BCUT2D eigenvalue weighted by Gasteiger charge is 2.31. The lowest BCUT2D eigenvalue weighted by Crippen LogP contribution is -2.46. The molecule has 16 heavy (non-hydrogen) atoms. The van der Waals surface area contributed by atoms with Crippen LogP contribution >= 0.6 is 0 Å². The molecule has 0 fully saturated rings. The van der Waals surface area contributed by atoms with Crippen molar-refractivity contribution < 1.29 is 13.6 Å². The summed E-state index contributed by atoms with van der Waals surface area (Å²) in [6, 6.07) is 0. The third kappa shape index (κ3) is 6.97.